The number of halogens is 1. The summed E-state index contributed by atoms with van der Waals surface area (Å²) < 4.78 is 5.49. The molecule has 1 heterocycles. The Balaban J connectivity index is 0.00000192. The Hall–Kier alpha value is -0.810. The van der Waals surface area contributed by atoms with Crippen molar-refractivity contribution in [3.8, 4) is 0 Å². The Bertz CT molecular complexity index is 826. The Morgan fingerprint density at radius 3 is 2.57 bits per heavy atom. The number of aryl methyl sites for hydroxylation is 1. The van der Waals surface area contributed by atoms with Gasteiger partial charge in [-0.05, 0) is 48.8 Å². The molecule has 0 N–H and O–H groups in total. The Morgan fingerprint density at radius 1 is 1.30 bits per heavy atom. The molecule has 6 heteroatoms. The summed E-state index contributed by atoms with van der Waals surface area (Å²) in [5.74, 6) is -1.93. The summed E-state index contributed by atoms with van der Waals surface area (Å²) >= 11 is 6.45. The van der Waals surface area contributed by atoms with E-state index in [1.807, 2.05) is 6.92 Å². The van der Waals surface area contributed by atoms with Crippen molar-refractivity contribution in [2.24, 2.45) is 0 Å². The maximum absolute atomic E-state index is 12.3. The molecule has 2 aromatic rings. The van der Waals surface area contributed by atoms with Gasteiger partial charge >= 0.3 is 29.6 Å². The first kappa shape index (κ1) is 18.5. The molecule has 0 fully saturated rings. The van der Waals surface area contributed by atoms with Gasteiger partial charge in [0.1, 0.15) is 11.6 Å². The van der Waals surface area contributed by atoms with E-state index in [2.05, 4.69) is 0 Å². The van der Waals surface area contributed by atoms with Crippen LogP contribution in [0.5, 0.6) is 0 Å². The molecule has 1 aromatic heterocycles. The first-order chi connectivity index (χ1) is 10.5. The standard InChI is InChI=1S/C17H17ClO4.Na/c1-2-5-11-9-6-3-4-7-10(9)15(18)14-12(19)8-13(17(20)21)22-16(11)14;/h8H,2-7H2,1H3,(H,20,21);/q;+1/p-1. The minimum absolute atomic E-state index is 0. The van der Waals surface area contributed by atoms with Crippen LogP contribution in [0.15, 0.2) is 15.3 Å². The van der Waals surface area contributed by atoms with Gasteiger partial charge in [-0.25, -0.2) is 0 Å². The first-order valence-electron chi connectivity index (χ1n) is 7.55. The van der Waals surface area contributed by atoms with Gasteiger partial charge in [0, 0.05) is 6.07 Å². The Kier molecular flexibility index (Phi) is 5.95. The van der Waals surface area contributed by atoms with Crippen LogP contribution in [0.3, 0.4) is 0 Å². The molecular formula is C17H16ClNaO4. The smallest absolute Gasteiger partial charge is 0.542 e. The number of carboxylic acid groups (broad SMARTS) is 1. The normalized spacial score (nSPS) is 13.5. The second-order valence-electron chi connectivity index (χ2n) is 5.67. The van der Waals surface area contributed by atoms with E-state index >= 15 is 0 Å². The number of benzene rings is 1. The molecule has 0 aliphatic heterocycles. The summed E-state index contributed by atoms with van der Waals surface area (Å²) in [6, 6.07) is 0.953. The van der Waals surface area contributed by atoms with Crippen molar-refractivity contribution in [3.05, 3.63) is 43.8 Å². The van der Waals surface area contributed by atoms with E-state index in [4.69, 9.17) is 16.0 Å². The van der Waals surface area contributed by atoms with E-state index in [0.29, 0.717) is 16.0 Å². The topological polar surface area (TPSA) is 70.3 Å². The van der Waals surface area contributed by atoms with Crippen LogP contribution in [0.2, 0.25) is 5.02 Å². The Morgan fingerprint density at radius 2 is 1.96 bits per heavy atom. The van der Waals surface area contributed by atoms with E-state index in [0.717, 1.165) is 61.3 Å². The average Bonchev–Trinajstić information content (AvgIpc) is 2.50. The number of fused-ring (bicyclic) bond motifs is 2. The number of carbonyl (C=O) groups is 1. The zero-order valence-electron chi connectivity index (χ0n) is 13.3. The number of carboxylic acids is 1. The minimum atomic E-state index is -1.49. The molecule has 0 spiro atoms. The summed E-state index contributed by atoms with van der Waals surface area (Å²) in [5, 5.41) is 11.8. The van der Waals surface area contributed by atoms with E-state index in [1.165, 1.54) is 0 Å². The third-order valence-electron chi connectivity index (χ3n) is 4.24. The fraction of sp³-hybridized carbons (Fsp3) is 0.412. The second-order valence-corrected chi connectivity index (χ2v) is 6.05. The molecule has 23 heavy (non-hydrogen) atoms. The summed E-state index contributed by atoms with van der Waals surface area (Å²) in [5.41, 5.74) is 2.98. The van der Waals surface area contributed by atoms with Crippen LogP contribution in [-0.2, 0) is 19.3 Å². The molecule has 0 radical (unpaired) electrons. The van der Waals surface area contributed by atoms with Crippen LogP contribution < -0.4 is 40.1 Å². The van der Waals surface area contributed by atoms with Crippen molar-refractivity contribution < 1.29 is 43.9 Å². The van der Waals surface area contributed by atoms with Crippen LogP contribution in [-0.4, -0.2) is 5.97 Å². The van der Waals surface area contributed by atoms with Gasteiger partial charge in [0.2, 0.25) is 0 Å². The van der Waals surface area contributed by atoms with Crippen LogP contribution in [0, 0.1) is 0 Å². The van der Waals surface area contributed by atoms with Crippen LogP contribution >= 0.6 is 11.6 Å². The minimum Gasteiger partial charge on any atom is -0.542 e. The average molecular weight is 343 g/mol. The van der Waals surface area contributed by atoms with Crippen LogP contribution in [0.1, 0.15) is 53.4 Å². The number of hydrogen-bond donors (Lipinski definition) is 0. The molecule has 3 rings (SSSR count). The molecule has 4 nitrogen and oxygen atoms in total. The predicted molar refractivity (Wildman–Crippen MR) is 82.5 cm³/mol. The van der Waals surface area contributed by atoms with Crippen molar-refractivity contribution in [1.82, 2.24) is 0 Å². The van der Waals surface area contributed by atoms with Gasteiger partial charge in [-0.3, -0.25) is 4.79 Å². The van der Waals surface area contributed by atoms with Crippen molar-refractivity contribution in [2.45, 2.75) is 45.4 Å². The SMILES string of the molecule is CCCc1c2c(c(Cl)c3c(=O)cc(C(=O)[O-])oc13)CCCC2.[Na+]. The van der Waals surface area contributed by atoms with Gasteiger partial charge in [0.05, 0.1) is 10.4 Å². The maximum atomic E-state index is 12.3. The van der Waals surface area contributed by atoms with Gasteiger partial charge in [-0.2, -0.15) is 0 Å². The quantitative estimate of drug-likeness (QED) is 0.715. The molecule has 0 saturated heterocycles. The van der Waals surface area contributed by atoms with Crippen LogP contribution in [0.4, 0.5) is 0 Å². The van der Waals surface area contributed by atoms with E-state index < -0.39 is 17.2 Å². The summed E-state index contributed by atoms with van der Waals surface area (Å²) in [6.45, 7) is 2.04. The molecule has 0 saturated carbocycles. The third kappa shape index (κ3) is 3.22. The second kappa shape index (κ2) is 7.39. The van der Waals surface area contributed by atoms with Crippen molar-refractivity contribution in [1.29, 1.82) is 0 Å². The van der Waals surface area contributed by atoms with Gasteiger partial charge in [0.25, 0.3) is 0 Å². The van der Waals surface area contributed by atoms with Crippen molar-refractivity contribution >= 4 is 28.5 Å². The number of aromatic carboxylic acids is 1. The van der Waals surface area contributed by atoms with E-state index in [-0.39, 0.29) is 29.6 Å². The molecule has 0 amide bonds. The summed E-state index contributed by atoms with van der Waals surface area (Å²) in [4.78, 5) is 23.4. The zero-order valence-corrected chi connectivity index (χ0v) is 16.1. The van der Waals surface area contributed by atoms with Gasteiger partial charge < -0.3 is 14.3 Å². The van der Waals surface area contributed by atoms with Crippen LogP contribution in [0.25, 0.3) is 11.0 Å². The van der Waals surface area contributed by atoms with E-state index in [9.17, 15) is 14.7 Å². The number of carbonyl (C=O) groups excluding carboxylic acids is 1. The van der Waals surface area contributed by atoms with Crippen molar-refractivity contribution in [2.75, 3.05) is 0 Å². The molecular weight excluding hydrogens is 327 g/mol. The van der Waals surface area contributed by atoms with Crippen molar-refractivity contribution in [3.63, 3.8) is 0 Å². The molecule has 0 atom stereocenters. The number of rotatable bonds is 3. The molecule has 0 bridgehead atoms. The zero-order chi connectivity index (χ0) is 15.9. The van der Waals surface area contributed by atoms with Gasteiger partial charge in [-0.15, -0.1) is 0 Å². The molecule has 0 unspecified atom stereocenters. The largest absolute Gasteiger partial charge is 1.00 e. The third-order valence-corrected chi connectivity index (χ3v) is 4.66. The molecule has 1 aliphatic rings. The fourth-order valence-corrected chi connectivity index (χ4v) is 3.68. The predicted octanol–water partition coefficient (Wildman–Crippen LogP) is -0.355. The number of hydrogen-bond acceptors (Lipinski definition) is 4. The molecule has 1 aliphatic carbocycles. The van der Waals surface area contributed by atoms with E-state index in [1.54, 1.807) is 0 Å². The first-order valence-corrected chi connectivity index (χ1v) is 7.93. The molecule has 116 valence electrons. The Labute approximate surface area is 161 Å². The maximum Gasteiger partial charge on any atom is 1.00 e. The van der Waals surface area contributed by atoms with Gasteiger partial charge in [-0.1, -0.05) is 24.9 Å². The summed E-state index contributed by atoms with van der Waals surface area (Å²) in [7, 11) is 0. The fourth-order valence-electron chi connectivity index (χ4n) is 3.30. The molecule has 1 aromatic carbocycles. The summed E-state index contributed by atoms with van der Waals surface area (Å²) in [6.07, 6.45) is 5.46. The van der Waals surface area contributed by atoms with Gasteiger partial charge in [0.15, 0.2) is 11.2 Å². The monoisotopic (exact) mass is 342 g/mol.